The molecule has 0 saturated carbocycles. The third kappa shape index (κ3) is 12.0. The Balaban J connectivity index is 1.85. The number of hydrogen-bond acceptors (Lipinski definition) is 2. The van der Waals surface area contributed by atoms with Crippen molar-refractivity contribution in [2.45, 2.75) is 110 Å². The summed E-state index contributed by atoms with van der Waals surface area (Å²) in [5.74, 6) is 0.932. The van der Waals surface area contributed by atoms with Gasteiger partial charge >= 0.3 is 0 Å². The Hall–Kier alpha value is -1.09. The lowest BCUT2D eigenvalue weighted by atomic mass is 10.0. The van der Waals surface area contributed by atoms with Crippen LogP contribution in [0.3, 0.4) is 0 Å². The molecule has 0 aromatic carbocycles. The van der Waals surface area contributed by atoms with Crippen molar-refractivity contribution in [2.75, 3.05) is 0 Å². The highest BCUT2D eigenvalue weighted by molar-refractivity contribution is 5.06. The highest BCUT2D eigenvalue weighted by Gasteiger charge is 2.03. The molecule has 0 bridgehead atoms. The highest BCUT2D eigenvalue weighted by Crippen LogP contribution is 2.13. The summed E-state index contributed by atoms with van der Waals surface area (Å²) >= 11 is 0. The van der Waals surface area contributed by atoms with Gasteiger partial charge in [0.2, 0.25) is 0 Å². The zero-order valence-electron chi connectivity index (χ0n) is 16.6. The number of aromatic nitrogens is 2. The maximum atomic E-state index is 9.45. The minimum atomic E-state index is -0.466. The molecule has 1 rings (SSSR count). The molecule has 1 unspecified atom stereocenters. The zero-order valence-corrected chi connectivity index (χ0v) is 16.6. The molecule has 1 aromatic heterocycles. The van der Waals surface area contributed by atoms with Gasteiger partial charge in [-0.2, -0.15) is 0 Å². The van der Waals surface area contributed by atoms with Crippen LogP contribution in [0.2, 0.25) is 0 Å². The lowest BCUT2D eigenvalue weighted by Gasteiger charge is -2.02. The Morgan fingerprint density at radius 2 is 1.48 bits per heavy atom. The summed E-state index contributed by atoms with van der Waals surface area (Å²) in [6, 6.07) is 0. The van der Waals surface area contributed by atoms with Crippen molar-refractivity contribution in [1.29, 1.82) is 0 Å². The summed E-state index contributed by atoms with van der Waals surface area (Å²) < 4.78 is 0. The molecule has 1 aromatic rings. The van der Waals surface area contributed by atoms with Gasteiger partial charge in [0, 0.05) is 6.42 Å². The highest BCUT2D eigenvalue weighted by atomic mass is 16.3. The van der Waals surface area contributed by atoms with Crippen LogP contribution in [0, 0.1) is 0 Å². The number of imidazole rings is 1. The van der Waals surface area contributed by atoms with Crippen molar-refractivity contribution >= 4 is 0 Å². The molecule has 3 heteroatoms. The third-order valence-electron chi connectivity index (χ3n) is 4.80. The van der Waals surface area contributed by atoms with Gasteiger partial charge in [-0.05, 0) is 19.8 Å². The van der Waals surface area contributed by atoms with Gasteiger partial charge in [-0.15, -0.1) is 0 Å². The molecule has 25 heavy (non-hydrogen) atoms. The van der Waals surface area contributed by atoms with E-state index >= 15 is 0 Å². The number of H-pyrrole nitrogens is 1. The van der Waals surface area contributed by atoms with Gasteiger partial charge in [-0.1, -0.05) is 89.7 Å². The van der Waals surface area contributed by atoms with Crippen LogP contribution >= 0.6 is 0 Å². The second kappa shape index (κ2) is 15.2. The minimum absolute atomic E-state index is 0.466. The number of nitrogens with zero attached hydrogens (tertiary/aromatic N) is 1. The van der Waals surface area contributed by atoms with E-state index in [0.29, 0.717) is 0 Å². The maximum Gasteiger partial charge on any atom is 0.110 e. The predicted molar refractivity (Wildman–Crippen MR) is 108 cm³/mol. The number of nitrogens with one attached hydrogen (secondary N) is 1. The lowest BCUT2D eigenvalue weighted by Crippen LogP contribution is -1.91. The normalized spacial score (nSPS) is 12.9. The van der Waals surface area contributed by atoms with Crippen LogP contribution in [0.1, 0.15) is 115 Å². The molecule has 0 fully saturated rings. The second-order valence-electron chi connectivity index (χ2n) is 7.31. The summed E-state index contributed by atoms with van der Waals surface area (Å²) in [5.41, 5.74) is 0.796. The molecule has 0 aliphatic carbocycles. The number of unbranched alkanes of at least 4 members (excludes halogenated alkanes) is 12. The number of allylic oxidation sites excluding steroid dienone is 2. The van der Waals surface area contributed by atoms with Crippen molar-refractivity contribution in [3.8, 4) is 0 Å². The minimum Gasteiger partial charge on any atom is -0.387 e. The van der Waals surface area contributed by atoms with Crippen LogP contribution < -0.4 is 0 Å². The van der Waals surface area contributed by atoms with E-state index in [-0.39, 0.29) is 0 Å². The van der Waals surface area contributed by atoms with Crippen molar-refractivity contribution < 1.29 is 5.11 Å². The smallest absolute Gasteiger partial charge is 0.110 e. The number of rotatable bonds is 16. The number of aliphatic hydroxyl groups excluding tert-OH is 1. The molecule has 3 nitrogen and oxygen atoms in total. The third-order valence-corrected chi connectivity index (χ3v) is 4.80. The molecule has 1 atom stereocenters. The summed E-state index contributed by atoms with van der Waals surface area (Å²) in [4.78, 5) is 7.42. The summed E-state index contributed by atoms with van der Waals surface area (Å²) in [7, 11) is 0. The van der Waals surface area contributed by atoms with Gasteiger partial charge in [-0.3, -0.25) is 0 Å². The van der Waals surface area contributed by atoms with Gasteiger partial charge in [-0.25, -0.2) is 4.98 Å². The van der Waals surface area contributed by atoms with Crippen molar-refractivity contribution in [3.63, 3.8) is 0 Å². The quantitative estimate of drug-likeness (QED) is 0.259. The summed E-state index contributed by atoms with van der Waals surface area (Å²) in [6.07, 6.45) is 24.5. The fourth-order valence-electron chi connectivity index (χ4n) is 3.11. The Bertz CT molecular complexity index is 437. The summed E-state index contributed by atoms with van der Waals surface area (Å²) in [6.45, 7) is 4.03. The first-order valence-corrected chi connectivity index (χ1v) is 10.6. The molecule has 144 valence electrons. The largest absolute Gasteiger partial charge is 0.387 e. The molecular formula is C22H40N2O. The monoisotopic (exact) mass is 348 g/mol. The molecule has 0 spiro atoms. The number of aromatic amines is 1. The van der Waals surface area contributed by atoms with Gasteiger partial charge in [0.1, 0.15) is 5.82 Å². The first-order chi connectivity index (χ1) is 12.2. The van der Waals surface area contributed by atoms with E-state index in [4.69, 9.17) is 0 Å². The van der Waals surface area contributed by atoms with E-state index < -0.39 is 6.10 Å². The molecule has 0 radical (unpaired) electrons. The Labute approximate surface area is 155 Å². The SMILES string of the molecule is CCCCCCCCCCCCCCC=CCc1ncc(C(C)O)[nH]1. The van der Waals surface area contributed by atoms with E-state index in [9.17, 15) is 5.11 Å². The molecule has 0 saturated heterocycles. The molecular weight excluding hydrogens is 308 g/mol. The van der Waals surface area contributed by atoms with Gasteiger partial charge in [0.05, 0.1) is 18.0 Å². The van der Waals surface area contributed by atoms with E-state index in [1.54, 1.807) is 13.1 Å². The van der Waals surface area contributed by atoms with E-state index in [1.165, 1.54) is 83.5 Å². The first kappa shape index (κ1) is 22.0. The van der Waals surface area contributed by atoms with E-state index in [2.05, 4.69) is 29.0 Å². The van der Waals surface area contributed by atoms with Crippen LogP contribution in [0.15, 0.2) is 18.3 Å². The van der Waals surface area contributed by atoms with E-state index in [0.717, 1.165) is 17.9 Å². The molecule has 0 aliphatic rings. The van der Waals surface area contributed by atoms with Crippen molar-refractivity contribution in [3.05, 3.63) is 29.9 Å². The predicted octanol–water partition coefficient (Wildman–Crippen LogP) is 6.65. The van der Waals surface area contributed by atoms with Crippen LogP contribution in [0.4, 0.5) is 0 Å². The fourth-order valence-corrected chi connectivity index (χ4v) is 3.11. The van der Waals surface area contributed by atoms with Crippen molar-refractivity contribution in [2.24, 2.45) is 0 Å². The maximum absolute atomic E-state index is 9.45. The molecule has 2 N–H and O–H groups in total. The van der Waals surface area contributed by atoms with Gasteiger partial charge in [0.15, 0.2) is 0 Å². The van der Waals surface area contributed by atoms with Crippen LogP contribution in [-0.2, 0) is 6.42 Å². The van der Waals surface area contributed by atoms with E-state index in [1.807, 2.05) is 0 Å². The number of aliphatic hydroxyl groups is 1. The molecule has 0 aliphatic heterocycles. The second-order valence-corrected chi connectivity index (χ2v) is 7.31. The van der Waals surface area contributed by atoms with Crippen LogP contribution in [0.25, 0.3) is 0 Å². The standard InChI is InChI=1S/C22H40N2O/c1-3-4-5-6-7-8-9-10-11-12-13-14-15-16-17-18-22-23-19-21(24-22)20(2)25/h16-17,19-20,25H,3-15,18H2,1-2H3,(H,23,24). The zero-order chi connectivity index (χ0) is 18.2. The molecule has 0 amide bonds. The van der Waals surface area contributed by atoms with Crippen molar-refractivity contribution in [1.82, 2.24) is 9.97 Å². The number of hydrogen-bond donors (Lipinski definition) is 2. The fraction of sp³-hybridized carbons (Fsp3) is 0.773. The van der Waals surface area contributed by atoms with Crippen LogP contribution in [0.5, 0.6) is 0 Å². The van der Waals surface area contributed by atoms with Gasteiger partial charge in [0.25, 0.3) is 0 Å². The van der Waals surface area contributed by atoms with Crippen LogP contribution in [-0.4, -0.2) is 15.1 Å². The first-order valence-electron chi connectivity index (χ1n) is 10.6. The average molecular weight is 349 g/mol. The Kier molecular flexibility index (Phi) is 13.3. The van der Waals surface area contributed by atoms with Gasteiger partial charge < -0.3 is 10.1 Å². The Morgan fingerprint density at radius 3 is 2.00 bits per heavy atom. The molecule has 1 heterocycles. The summed E-state index contributed by atoms with van der Waals surface area (Å²) in [5, 5.41) is 9.45. The average Bonchev–Trinajstić information content (AvgIpc) is 3.07. The Morgan fingerprint density at radius 1 is 0.920 bits per heavy atom. The lowest BCUT2D eigenvalue weighted by molar-refractivity contribution is 0.195. The topological polar surface area (TPSA) is 48.9 Å².